The fourth-order valence-electron chi connectivity index (χ4n) is 7.33. The Morgan fingerprint density at radius 2 is 2.00 bits per heavy atom. The molecule has 0 aromatic heterocycles. The number of allylic oxidation sites excluding steroid dienone is 1. The second-order valence-corrected chi connectivity index (χ2v) is 9.42. The molecule has 138 valence electrons. The second-order valence-electron chi connectivity index (χ2n) is 9.42. The van der Waals surface area contributed by atoms with Gasteiger partial charge in [-0.3, -0.25) is 9.59 Å². The zero-order valence-corrected chi connectivity index (χ0v) is 15.3. The molecular formula is C21H30O4. The normalized spacial score (nSPS) is 49.0. The highest BCUT2D eigenvalue weighted by Crippen LogP contribution is 2.66. The van der Waals surface area contributed by atoms with E-state index in [1.807, 2.05) is 6.08 Å². The summed E-state index contributed by atoms with van der Waals surface area (Å²) >= 11 is 0. The molecule has 3 saturated carbocycles. The smallest absolute Gasteiger partial charge is 0.161 e. The lowest BCUT2D eigenvalue weighted by molar-refractivity contribution is -0.146. The number of fused-ring (bicyclic) bond motifs is 5. The summed E-state index contributed by atoms with van der Waals surface area (Å²) in [5, 5.41) is 20.5. The predicted octanol–water partition coefficient (Wildman–Crippen LogP) is 2.67. The van der Waals surface area contributed by atoms with E-state index in [-0.39, 0.29) is 40.8 Å². The first-order chi connectivity index (χ1) is 11.8. The van der Waals surface area contributed by atoms with Crippen LogP contribution in [0, 0.1) is 34.5 Å². The van der Waals surface area contributed by atoms with Gasteiger partial charge in [0.2, 0.25) is 0 Å². The summed E-state index contributed by atoms with van der Waals surface area (Å²) in [6, 6.07) is 0. The molecule has 0 aromatic carbocycles. The topological polar surface area (TPSA) is 74.6 Å². The molecule has 0 heterocycles. The van der Waals surface area contributed by atoms with Crippen LogP contribution in [0.15, 0.2) is 11.6 Å². The highest BCUT2D eigenvalue weighted by molar-refractivity contribution is 5.91. The highest BCUT2D eigenvalue weighted by atomic mass is 16.3. The highest BCUT2D eigenvalue weighted by Gasteiger charge is 2.62. The average Bonchev–Trinajstić information content (AvgIpc) is 2.91. The molecule has 0 bridgehead atoms. The Morgan fingerprint density at radius 3 is 2.72 bits per heavy atom. The number of hydrogen-bond acceptors (Lipinski definition) is 4. The molecule has 0 spiro atoms. The molecule has 4 nitrogen and oxygen atoms in total. The van der Waals surface area contributed by atoms with E-state index in [4.69, 9.17) is 0 Å². The van der Waals surface area contributed by atoms with Crippen LogP contribution in [0.4, 0.5) is 0 Å². The van der Waals surface area contributed by atoms with E-state index in [1.165, 1.54) is 5.57 Å². The molecule has 3 fully saturated rings. The molecule has 7 atom stereocenters. The predicted molar refractivity (Wildman–Crippen MR) is 93.7 cm³/mol. The van der Waals surface area contributed by atoms with Crippen LogP contribution in [-0.4, -0.2) is 34.5 Å². The number of carbonyl (C=O) groups is 2. The van der Waals surface area contributed by atoms with Crippen molar-refractivity contribution in [3.8, 4) is 0 Å². The Morgan fingerprint density at radius 1 is 1.24 bits per heavy atom. The van der Waals surface area contributed by atoms with E-state index in [1.54, 1.807) is 0 Å². The maximum atomic E-state index is 12.3. The molecular weight excluding hydrogens is 316 g/mol. The molecule has 4 aliphatic carbocycles. The summed E-state index contributed by atoms with van der Waals surface area (Å²) in [6.07, 6.45) is 7.32. The Bertz CT molecular complexity index is 638. The van der Waals surface area contributed by atoms with Crippen LogP contribution in [0.1, 0.15) is 58.8 Å². The number of ketones is 2. The van der Waals surface area contributed by atoms with Crippen molar-refractivity contribution < 1.29 is 19.8 Å². The lowest BCUT2D eigenvalue weighted by Gasteiger charge is -2.59. The molecule has 4 heteroatoms. The Hall–Kier alpha value is -1.00. The minimum atomic E-state index is -0.430. The van der Waals surface area contributed by atoms with Gasteiger partial charge in [-0.25, -0.2) is 0 Å². The van der Waals surface area contributed by atoms with E-state index in [9.17, 15) is 19.8 Å². The van der Waals surface area contributed by atoms with Gasteiger partial charge >= 0.3 is 0 Å². The van der Waals surface area contributed by atoms with Crippen LogP contribution in [0.3, 0.4) is 0 Å². The summed E-state index contributed by atoms with van der Waals surface area (Å²) in [5.41, 5.74) is 0.979. The largest absolute Gasteiger partial charge is 0.393 e. The van der Waals surface area contributed by atoms with Crippen LogP contribution >= 0.6 is 0 Å². The van der Waals surface area contributed by atoms with Crippen molar-refractivity contribution in [2.24, 2.45) is 34.5 Å². The van der Waals surface area contributed by atoms with Crippen LogP contribution in [0.25, 0.3) is 0 Å². The first kappa shape index (κ1) is 17.4. The number of rotatable bonds is 2. The SMILES string of the molecule is C[C@]12CCC(=O)C=C1CC[C@H]1C3CC[C@H](C(=O)CO)[C@@]3(C)C[C@H](O)[C@@H]12. The second kappa shape index (κ2) is 5.75. The number of Topliss-reactive ketones (excluding diaryl/α,β-unsaturated/α-hetero) is 1. The van der Waals surface area contributed by atoms with E-state index in [0.29, 0.717) is 24.7 Å². The molecule has 0 saturated heterocycles. The van der Waals surface area contributed by atoms with Crippen molar-refractivity contribution in [1.29, 1.82) is 0 Å². The van der Waals surface area contributed by atoms with Crippen molar-refractivity contribution in [2.45, 2.75) is 64.9 Å². The van der Waals surface area contributed by atoms with E-state index >= 15 is 0 Å². The fraction of sp³-hybridized carbons (Fsp3) is 0.810. The van der Waals surface area contributed by atoms with Gasteiger partial charge in [0.1, 0.15) is 6.61 Å². The Labute approximate surface area is 149 Å². The van der Waals surface area contributed by atoms with Crippen LogP contribution in [0.5, 0.6) is 0 Å². The van der Waals surface area contributed by atoms with Gasteiger partial charge in [0.15, 0.2) is 11.6 Å². The van der Waals surface area contributed by atoms with Gasteiger partial charge in [-0.15, -0.1) is 0 Å². The lowest BCUT2D eigenvalue weighted by atomic mass is 9.46. The van der Waals surface area contributed by atoms with Crippen molar-refractivity contribution >= 4 is 11.6 Å². The number of carbonyl (C=O) groups excluding carboxylic acids is 2. The van der Waals surface area contributed by atoms with Gasteiger partial charge in [-0.05, 0) is 73.2 Å². The monoisotopic (exact) mass is 346 g/mol. The standard InChI is InChI=1S/C21H30O4/c1-20-8-7-13(23)9-12(20)3-4-14-15-5-6-16(18(25)11-22)21(15,2)10-17(24)19(14)20/h9,14-17,19,22,24H,3-8,10-11H2,1-2H3/t14-,15?,16+,17-,19+,20-,21-/m0/s1. The summed E-state index contributed by atoms with van der Waals surface area (Å²) in [5.74, 6) is 1.12. The zero-order chi connectivity index (χ0) is 18.0. The third kappa shape index (κ3) is 2.33. The van der Waals surface area contributed by atoms with Gasteiger partial charge in [0.05, 0.1) is 6.10 Å². The minimum Gasteiger partial charge on any atom is -0.393 e. The van der Waals surface area contributed by atoms with Gasteiger partial charge in [-0.2, -0.15) is 0 Å². The van der Waals surface area contributed by atoms with E-state index < -0.39 is 6.10 Å². The lowest BCUT2D eigenvalue weighted by Crippen LogP contribution is -2.57. The summed E-state index contributed by atoms with van der Waals surface area (Å²) < 4.78 is 0. The van der Waals surface area contributed by atoms with Crippen molar-refractivity contribution in [2.75, 3.05) is 6.61 Å². The molecule has 2 N–H and O–H groups in total. The molecule has 0 amide bonds. The third-order valence-corrected chi connectivity index (χ3v) is 8.44. The first-order valence-corrected chi connectivity index (χ1v) is 9.87. The molecule has 4 rings (SSSR count). The van der Waals surface area contributed by atoms with Crippen molar-refractivity contribution in [3.63, 3.8) is 0 Å². The van der Waals surface area contributed by atoms with E-state index in [0.717, 1.165) is 32.1 Å². The molecule has 1 unspecified atom stereocenters. The van der Waals surface area contributed by atoms with Crippen molar-refractivity contribution in [3.05, 3.63) is 11.6 Å². The first-order valence-electron chi connectivity index (χ1n) is 9.87. The molecule has 0 aliphatic heterocycles. The van der Waals surface area contributed by atoms with Crippen LogP contribution in [-0.2, 0) is 9.59 Å². The maximum absolute atomic E-state index is 12.3. The molecule has 25 heavy (non-hydrogen) atoms. The van der Waals surface area contributed by atoms with Gasteiger partial charge < -0.3 is 10.2 Å². The minimum absolute atomic E-state index is 0.0541. The Balaban J connectivity index is 1.70. The number of hydrogen-bond donors (Lipinski definition) is 2. The summed E-state index contributed by atoms with van der Waals surface area (Å²) in [7, 11) is 0. The number of aliphatic hydroxyl groups excluding tert-OH is 2. The summed E-state index contributed by atoms with van der Waals surface area (Å²) in [6.45, 7) is 4.03. The summed E-state index contributed by atoms with van der Waals surface area (Å²) in [4.78, 5) is 24.2. The van der Waals surface area contributed by atoms with Crippen LogP contribution < -0.4 is 0 Å². The van der Waals surface area contributed by atoms with Crippen LogP contribution in [0.2, 0.25) is 0 Å². The van der Waals surface area contributed by atoms with E-state index in [2.05, 4.69) is 13.8 Å². The average molecular weight is 346 g/mol. The van der Waals surface area contributed by atoms with Gasteiger partial charge in [0.25, 0.3) is 0 Å². The molecule has 0 radical (unpaired) electrons. The molecule has 0 aromatic rings. The fourth-order valence-corrected chi connectivity index (χ4v) is 7.33. The van der Waals surface area contributed by atoms with Gasteiger partial charge in [0, 0.05) is 12.3 Å². The maximum Gasteiger partial charge on any atom is 0.161 e. The third-order valence-electron chi connectivity index (χ3n) is 8.44. The molecule has 4 aliphatic rings. The van der Waals surface area contributed by atoms with Crippen molar-refractivity contribution in [1.82, 2.24) is 0 Å². The number of aliphatic hydroxyl groups is 2. The quantitative estimate of drug-likeness (QED) is 0.806. The zero-order valence-electron chi connectivity index (χ0n) is 15.3. The van der Waals surface area contributed by atoms with Gasteiger partial charge in [-0.1, -0.05) is 19.4 Å². The Kier molecular flexibility index (Phi) is 4.01.